The van der Waals surface area contributed by atoms with E-state index < -0.39 is 0 Å². The van der Waals surface area contributed by atoms with Gasteiger partial charge in [-0.05, 0) is 32.0 Å². The lowest BCUT2D eigenvalue weighted by atomic mass is 9.89. The van der Waals surface area contributed by atoms with Gasteiger partial charge < -0.3 is 10.1 Å². The van der Waals surface area contributed by atoms with Crippen LogP contribution in [0.25, 0.3) is 0 Å². The van der Waals surface area contributed by atoms with Gasteiger partial charge in [0.15, 0.2) is 0 Å². The fourth-order valence-electron chi connectivity index (χ4n) is 2.80. The SMILES string of the molecule is CNC(Cc1nc(C)cs1)C1COc2ccccc2C1. The predicted octanol–water partition coefficient (Wildman–Crippen LogP) is 2.83. The lowest BCUT2D eigenvalue weighted by molar-refractivity contribution is 0.187. The molecule has 0 fully saturated rings. The Bertz CT molecular complexity index is 581. The third-order valence-electron chi connectivity index (χ3n) is 3.91. The lowest BCUT2D eigenvalue weighted by Crippen LogP contribution is -2.41. The summed E-state index contributed by atoms with van der Waals surface area (Å²) in [4.78, 5) is 4.58. The maximum Gasteiger partial charge on any atom is 0.122 e. The number of rotatable bonds is 4. The summed E-state index contributed by atoms with van der Waals surface area (Å²) in [5, 5.41) is 6.78. The zero-order chi connectivity index (χ0) is 13.9. The van der Waals surface area contributed by atoms with Crippen LogP contribution in [0.5, 0.6) is 5.75 Å². The molecule has 1 aromatic carbocycles. The van der Waals surface area contributed by atoms with Crippen LogP contribution in [0, 0.1) is 12.8 Å². The Morgan fingerprint density at radius 3 is 3.05 bits per heavy atom. The third kappa shape index (κ3) is 2.86. The van der Waals surface area contributed by atoms with Gasteiger partial charge in [0.1, 0.15) is 5.75 Å². The highest BCUT2D eigenvalue weighted by Gasteiger charge is 2.27. The topological polar surface area (TPSA) is 34.2 Å². The smallest absolute Gasteiger partial charge is 0.122 e. The number of benzene rings is 1. The van der Waals surface area contributed by atoms with E-state index in [2.05, 4.69) is 33.9 Å². The number of ether oxygens (including phenoxy) is 1. The number of para-hydroxylation sites is 1. The Morgan fingerprint density at radius 2 is 2.30 bits per heavy atom. The first kappa shape index (κ1) is 13.6. The molecule has 1 aromatic heterocycles. The van der Waals surface area contributed by atoms with Crippen molar-refractivity contribution >= 4 is 11.3 Å². The molecular weight excluding hydrogens is 268 g/mol. The van der Waals surface area contributed by atoms with E-state index in [-0.39, 0.29) is 0 Å². The maximum atomic E-state index is 5.90. The zero-order valence-corrected chi connectivity index (χ0v) is 12.7. The molecular formula is C16H20N2OS. The first-order valence-electron chi connectivity index (χ1n) is 7.05. The normalized spacial score (nSPS) is 19.2. The van der Waals surface area contributed by atoms with Crippen molar-refractivity contribution in [2.45, 2.75) is 25.8 Å². The monoisotopic (exact) mass is 288 g/mol. The average Bonchev–Trinajstić information content (AvgIpc) is 2.89. The van der Waals surface area contributed by atoms with Crippen LogP contribution in [0.1, 0.15) is 16.3 Å². The molecule has 2 atom stereocenters. The van der Waals surface area contributed by atoms with Gasteiger partial charge in [0.2, 0.25) is 0 Å². The van der Waals surface area contributed by atoms with E-state index in [1.54, 1.807) is 11.3 Å². The number of nitrogens with one attached hydrogen (secondary N) is 1. The van der Waals surface area contributed by atoms with E-state index in [1.807, 2.05) is 20.0 Å². The van der Waals surface area contributed by atoms with Gasteiger partial charge in [-0.3, -0.25) is 0 Å². The second-order valence-corrected chi connectivity index (χ2v) is 6.31. The summed E-state index contributed by atoms with van der Waals surface area (Å²) in [7, 11) is 2.03. The fourth-order valence-corrected chi connectivity index (χ4v) is 3.63. The molecule has 0 bridgehead atoms. The minimum atomic E-state index is 0.411. The fraction of sp³-hybridized carbons (Fsp3) is 0.438. The van der Waals surface area contributed by atoms with E-state index in [0.29, 0.717) is 12.0 Å². The van der Waals surface area contributed by atoms with Crippen molar-refractivity contribution in [1.82, 2.24) is 10.3 Å². The number of aryl methyl sites for hydroxylation is 1. The molecule has 0 spiro atoms. The van der Waals surface area contributed by atoms with Gasteiger partial charge in [0, 0.05) is 29.5 Å². The molecule has 20 heavy (non-hydrogen) atoms. The molecule has 1 N–H and O–H groups in total. The largest absolute Gasteiger partial charge is 0.493 e. The van der Waals surface area contributed by atoms with Crippen LogP contribution < -0.4 is 10.1 Å². The molecule has 1 aliphatic heterocycles. The minimum absolute atomic E-state index is 0.411. The Hall–Kier alpha value is -1.39. The molecule has 2 unspecified atom stereocenters. The number of hydrogen-bond acceptors (Lipinski definition) is 4. The van der Waals surface area contributed by atoms with E-state index in [1.165, 1.54) is 10.6 Å². The lowest BCUT2D eigenvalue weighted by Gasteiger charge is -2.31. The number of nitrogens with zero attached hydrogens (tertiary/aromatic N) is 1. The number of likely N-dealkylation sites (N-methyl/N-ethyl adjacent to an activating group) is 1. The van der Waals surface area contributed by atoms with Gasteiger partial charge in [-0.2, -0.15) is 0 Å². The second-order valence-electron chi connectivity index (χ2n) is 5.36. The molecule has 2 aromatic rings. The quantitative estimate of drug-likeness (QED) is 0.939. The number of hydrogen-bond donors (Lipinski definition) is 1. The van der Waals surface area contributed by atoms with Crippen LogP contribution in [0.4, 0.5) is 0 Å². The highest BCUT2D eigenvalue weighted by molar-refractivity contribution is 7.09. The Balaban J connectivity index is 1.71. The Labute approximate surface area is 124 Å². The van der Waals surface area contributed by atoms with Gasteiger partial charge in [-0.1, -0.05) is 18.2 Å². The van der Waals surface area contributed by atoms with Crippen LogP contribution >= 0.6 is 11.3 Å². The molecule has 3 rings (SSSR count). The van der Waals surface area contributed by atoms with Crippen molar-refractivity contribution in [2.75, 3.05) is 13.7 Å². The summed E-state index contributed by atoms with van der Waals surface area (Å²) < 4.78 is 5.90. The number of thiazole rings is 1. The van der Waals surface area contributed by atoms with Crippen LogP contribution in [-0.2, 0) is 12.8 Å². The molecule has 0 radical (unpaired) electrons. The van der Waals surface area contributed by atoms with Crippen LogP contribution in [0.15, 0.2) is 29.6 Å². The van der Waals surface area contributed by atoms with Gasteiger partial charge >= 0.3 is 0 Å². The summed E-state index contributed by atoms with van der Waals surface area (Å²) in [5.41, 5.74) is 2.43. The standard InChI is InChI=1S/C16H20N2OS/c1-11-10-20-16(18-11)8-14(17-2)13-7-12-5-3-4-6-15(12)19-9-13/h3-6,10,13-14,17H,7-9H2,1-2H3. The summed E-state index contributed by atoms with van der Waals surface area (Å²) in [6.07, 6.45) is 2.05. The third-order valence-corrected chi connectivity index (χ3v) is 4.90. The molecule has 0 amide bonds. The molecule has 3 nitrogen and oxygen atoms in total. The molecule has 0 saturated heterocycles. The summed E-state index contributed by atoms with van der Waals surface area (Å²) >= 11 is 1.75. The summed E-state index contributed by atoms with van der Waals surface area (Å²) in [6, 6.07) is 8.76. The molecule has 2 heterocycles. The number of aromatic nitrogens is 1. The van der Waals surface area contributed by atoms with Crippen molar-refractivity contribution in [3.8, 4) is 5.75 Å². The zero-order valence-electron chi connectivity index (χ0n) is 11.9. The van der Waals surface area contributed by atoms with Crippen molar-refractivity contribution in [3.05, 3.63) is 45.9 Å². The summed E-state index contributed by atoms with van der Waals surface area (Å²) in [6.45, 7) is 2.83. The highest BCUT2D eigenvalue weighted by atomic mass is 32.1. The van der Waals surface area contributed by atoms with Crippen molar-refractivity contribution in [2.24, 2.45) is 5.92 Å². The molecule has 0 saturated carbocycles. The van der Waals surface area contributed by atoms with E-state index in [9.17, 15) is 0 Å². The maximum absolute atomic E-state index is 5.90. The Kier molecular flexibility index (Phi) is 4.03. The van der Waals surface area contributed by atoms with E-state index in [4.69, 9.17) is 4.74 Å². The first-order valence-corrected chi connectivity index (χ1v) is 7.93. The molecule has 1 aliphatic rings. The van der Waals surface area contributed by atoms with Crippen LogP contribution in [0.3, 0.4) is 0 Å². The molecule has 106 valence electrons. The van der Waals surface area contributed by atoms with Gasteiger partial charge in [-0.15, -0.1) is 11.3 Å². The van der Waals surface area contributed by atoms with Gasteiger partial charge in [-0.25, -0.2) is 4.98 Å². The highest BCUT2D eigenvalue weighted by Crippen LogP contribution is 2.29. The van der Waals surface area contributed by atoms with Crippen molar-refractivity contribution in [1.29, 1.82) is 0 Å². The van der Waals surface area contributed by atoms with Gasteiger partial charge in [0.05, 0.1) is 11.6 Å². The van der Waals surface area contributed by atoms with Crippen molar-refractivity contribution in [3.63, 3.8) is 0 Å². The second kappa shape index (κ2) is 5.94. The van der Waals surface area contributed by atoms with E-state index >= 15 is 0 Å². The molecule has 4 heteroatoms. The summed E-state index contributed by atoms with van der Waals surface area (Å²) in [5.74, 6) is 1.54. The van der Waals surface area contributed by atoms with Crippen LogP contribution in [-0.4, -0.2) is 24.7 Å². The van der Waals surface area contributed by atoms with E-state index in [0.717, 1.165) is 30.9 Å². The molecule has 0 aliphatic carbocycles. The van der Waals surface area contributed by atoms with Gasteiger partial charge in [0.25, 0.3) is 0 Å². The first-order chi connectivity index (χ1) is 9.76. The van der Waals surface area contributed by atoms with Crippen LogP contribution in [0.2, 0.25) is 0 Å². The minimum Gasteiger partial charge on any atom is -0.493 e. The Morgan fingerprint density at radius 1 is 1.45 bits per heavy atom. The predicted molar refractivity (Wildman–Crippen MR) is 82.5 cm³/mol. The van der Waals surface area contributed by atoms with Crippen molar-refractivity contribution < 1.29 is 4.74 Å². The average molecular weight is 288 g/mol. The number of fused-ring (bicyclic) bond motifs is 1.